The monoisotopic (exact) mass is 558 g/mol. The molecule has 2 aromatic carbocycles. The van der Waals surface area contributed by atoms with E-state index in [1.807, 2.05) is 6.92 Å². The molecular weight excluding hydrogens is 527 g/mol. The van der Waals surface area contributed by atoms with E-state index in [0.717, 1.165) is 18.5 Å². The van der Waals surface area contributed by atoms with Crippen molar-refractivity contribution in [3.63, 3.8) is 0 Å². The molecule has 10 nitrogen and oxygen atoms in total. The lowest BCUT2D eigenvalue weighted by Gasteiger charge is -2.14. The first kappa shape index (κ1) is 27.8. The van der Waals surface area contributed by atoms with Gasteiger partial charge >= 0.3 is 6.03 Å². The van der Waals surface area contributed by atoms with Crippen LogP contribution in [0.4, 0.5) is 20.6 Å². The molecule has 1 saturated heterocycles. The number of urea groups is 1. The Balaban J connectivity index is 1.14. The van der Waals surface area contributed by atoms with Crippen molar-refractivity contribution in [1.82, 2.24) is 20.2 Å². The maximum absolute atomic E-state index is 13.9. The smallest absolute Gasteiger partial charge is 0.323 e. The number of aromatic amines is 1. The summed E-state index contributed by atoms with van der Waals surface area (Å²) in [5, 5.41) is 17.7. The predicted octanol–water partition coefficient (Wildman–Crippen LogP) is 4.76. The molecular formula is C30H31FN6O4. The zero-order valence-corrected chi connectivity index (χ0v) is 22.5. The Bertz CT molecular complexity index is 1520. The van der Waals surface area contributed by atoms with E-state index in [0.29, 0.717) is 53.8 Å². The van der Waals surface area contributed by atoms with Crippen molar-refractivity contribution in [3.05, 3.63) is 90.0 Å². The molecule has 1 aliphatic rings. The van der Waals surface area contributed by atoms with Crippen LogP contribution in [0, 0.1) is 12.7 Å². The summed E-state index contributed by atoms with van der Waals surface area (Å²) in [4.78, 5) is 34.4. The molecule has 5 N–H and O–H groups in total. The number of hydrogen-bond acceptors (Lipinski definition) is 6. The summed E-state index contributed by atoms with van der Waals surface area (Å²) in [6.45, 7) is 4.48. The minimum atomic E-state index is -0.563. The number of rotatable bonds is 9. The minimum absolute atomic E-state index is 0.102. The van der Waals surface area contributed by atoms with E-state index >= 15 is 0 Å². The average Bonchev–Trinajstić information content (AvgIpc) is 3.61. The molecule has 5 rings (SSSR count). The van der Waals surface area contributed by atoms with E-state index in [4.69, 9.17) is 4.74 Å². The SMILES string of the molecule is Cc1ccc(F)c(NC(=O)Nc2ccc(Oc3ccnc(-c4cc(C(=O)NCCN5CC[C@H](O)C5)c[nH]4)c3)cc2)c1. The normalized spacial score (nSPS) is 15.0. The number of amides is 3. The summed E-state index contributed by atoms with van der Waals surface area (Å²) in [7, 11) is 0. The number of H-pyrrole nitrogens is 1. The summed E-state index contributed by atoms with van der Waals surface area (Å²) in [6.07, 6.45) is 3.73. The second kappa shape index (κ2) is 12.6. The Morgan fingerprint density at radius 3 is 2.71 bits per heavy atom. The third-order valence-corrected chi connectivity index (χ3v) is 6.63. The largest absolute Gasteiger partial charge is 0.457 e. The lowest BCUT2D eigenvalue weighted by Crippen LogP contribution is -2.34. The topological polar surface area (TPSA) is 132 Å². The summed E-state index contributed by atoms with van der Waals surface area (Å²) >= 11 is 0. The molecule has 3 amide bonds. The van der Waals surface area contributed by atoms with Gasteiger partial charge in [-0.05, 0) is 67.4 Å². The third kappa shape index (κ3) is 7.47. The predicted molar refractivity (Wildman–Crippen MR) is 154 cm³/mol. The molecule has 0 saturated carbocycles. The average molecular weight is 559 g/mol. The standard InChI is InChI=1S/C30H31FN6O4/c1-19-2-7-25(31)26(14-19)36-30(40)35-21-3-5-23(6-4-21)41-24-8-10-32-28(16-24)27-15-20(17-34-27)29(39)33-11-13-37-12-9-22(38)18-37/h2-8,10,14-17,22,34,38H,9,11-13,18H2,1H3,(H,33,39)(H2,35,36,40)/t22-/m0/s1. The molecule has 4 aromatic rings. The molecule has 0 spiro atoms. The number of aromatic nitrogens is 2. The number of ether oxygens (including phenoxy) is 1. The number of benzene rings is 2. The Morgan fingerprint density at radius 1 is 1.10 bits per heavy atom. The van der Waals surface area contributed by atoms with Crippen LogP contribution in [0.2, 0.25) is 0 Å². The molecule has 2 aromatic heterocycles. The number of nitrogens with zero attached hydrogens (tertiary/aromatic N) is 2. The Morgan fingerprint density at radius 2 is 1.93 bits per heavy atom. The first-order valence-corrected chi connectivity index (χ1v) is 13.3. The van der Waals surface area contributed by atoms with Crippen molar-refractivity contribution in [3.8, 4) is 22.9 Å². The molecule has 41 heavy (non-hydrogen) atoms. The van der Waals surface area contributed by atoms with Gasteiger partial charge in [-0.15, -0.1) is 0 Å². The van der Waals surface area contributed by atoms with Crippen LogP contribution in [0.1, 0.15) is 22.3 Å². The fourth-order valence-electron chi connectivity index (χ4n) is 4.50. The second-order valence-electron chi connectivity index (χ2n) is 9.87. The molecule has 0 bridgehead atoms. The highest BCUT2D eigenvalue weighted by Crippen LogP contribution is 2.27. The van der Waals surface area contributed by atoms with Gasteiger partial charge in [-0.25, -0.2) is 9.18 Å². The molecule has 0 unspecified atom stereocenters. The number of nitrogens with one attached hydrogen (secondary N) is 4. The number of carbonyl (C=O) groups excluding carboxylic acids is 2. The van der Waals surface area contributed by atoms with E-state index in [9.17, 15) is 19.1 Å². The van der Waals surface area contributed by atoms with Gasteiger partial charge in [0.05, 0.1) is 28.7 Å². The second-order valence-corrected chi connectivity index (χ2v) is 9.87. The number of carbonyl (C=O) groups is 2. The van der Waals surface area contributed by atoms with Crippen molar-refractivity contribution < 1.29 is 23.8 Å². The number of hydrogen-bond donors (Lipinski definition) is 5. The van der Waals surface area contributed by atoms with Gasteiger partial charge in [0.15, 0.2) is 0 Å². The van der Waals surface area contributed by atoms with Gasteiger partial charge in [-0.2, -0.15) is 0 Å². The quantitative estimate of drug-likeness (QED) is 0.201. The van der Waals surface area contributed by atoms with Crippen LogP contribution in [0.5, 0.6) is 11.5 Å². The van der Waals surface area contributed by atoms with Crippen LogP contribution in [0.25, 0.3) is 11.4 Å². The number of anilines is 2. The highest BCUT2D eigenvalue weighted by atomic mass is 19.1. The Kier molecular flexibility index (Phi) is 8.56. The van der Waals surface area contributed by atoms with Crippen LogP contribution in [0.15, 0.2) is 73.1 Å². The van der Waals surface area contributed by atoms with E-state index in [2.05, 4.69) is 30.8 Å². The van der Waals surface area contributed by atoms with Crippen molar-refractivity contribution in [1.29, 1.82) is 0 Å². The van der Waals surface area contributed by atoms with Crippen LogP contribution in [0.3, 0.4) is 0 Å². The van der Waals surface area contributed by atoms with E-state index in [-0.39, 0.29) is 17.7 Å². The maximum atomic E-state index is 13.9. The molecule has 1 fully saturated rings. The van der Waals surface area contributed by atoms with Gasteiger partial charge in [0, 0.05) is 50.3 Å². The number of aryl methyl sites for hydroxylation is 1. The number of pyridine rings is 1. The Labute approximate surface area is 236 Å². The fourth-order valence-corrected chi connectivity index (χ4v) is 4.50. The van der Waals surface area contributed by atoms with Gasteiger partial charge in [-0.1, -0.05) is 6.07 Å². The summed E-state index contributed by atoms with van der Waals surface area (Å²) in [6, 6.07) is 15.9. The van der Waals surface area contributed by atoms with Gasteiger partial charge in [0.25, 0.3) is 5.91 Å². The number of aliphatic hydroxyl groups is 1. The highest BCUT2D eigenvalue weighted by Gasteiger charge is 2.20. The van der Waals surface area contributed by atoms with E-state index in [1.165, 1.54) is 6.07 Å². The highest BCUT2D eigenvalue weighted by molar-refractivity contribution is 6.00. The van der Waals surface area contributed by atoms with Gasteiger partial charge < -0.3 is 30.8 Å². The van der Waals surface area contributed by atoms with E-state index in [1.54, 1.807) is 67.0 Å². The van der Waals surface area contributed by atoms with Crippen molar-refractivity contribution in [2.24, 2.45) is 0 Å². The molecule has 212 valence electrons. The number of likely N-dealkylation sites (tertiary alicyclic amines) is 1. The van der Waals surface area contributed by atoms with Gasteiger partial charge in [-0.3, -0.25) is 14.7 Å². The molecule has 1 atom stereocenters. The van der Waals surface area contributed by atoms with Crippen LogP contribution in [-0.2, 0) is 0 Å². The maximum Gasteiger partial charge on any atom is 0.323 e. The molecule has 0 aliphatic carbocycles. The van der Waals surface area contributed by atoms with Gasteiger partial charge in [0.2, 0.25) is 0 Å². The van der Waals surface area contributed by atoms with Crippen LogP contribution < -0.4 is 20.7 Å². The lowest BCUT2D eigenvalue weighted by atomic mass is 10.2. The van der Waals surface area contributed by atoms with Crippen molar-refractivity contribution in [2.75, 3.05) is 36.8 Å². The fraction of sp³-hybridized carbons (Fsp3) is 0.233. The summed E-state index contributed by atoms with van der Waals surface area (Å²) in [5.41, 5.74) is 3.20. The summed E-state index contributed by atoms with van der Waals surface area (Å²) in [5.74, 6) is 0.373. The van der Waals surface area contributed by atoms with Crippen LogP contribution in [-0.4, -0.2) is 64.2 Å². The zero-order chi connectivity index (χ0) is 28.8. The first-order chi connectivity index (χ1) is 19.8. The number of halogens is 1. The van der Waals surface area contributed by atoms with Gasteiger partial charge in [0.1, 0.15) is 17.3 Å². The zero-order valence-electron chi connectivity index (χ0n) is 22.5. The first-order valence-electron chi connectivity index (χ1n) is 13.3. The van der Waals surface area contributed by atoms with Crippen molar-refractivity contribution >= 4 is 23.3 Å². The number of β-amino-alcohol motifs (C(OH)–C–C–N with tert-alkyl or cyclic N) is 1. The van der Waals surface area contributed by atoms with Crippen molar-refractivity contribution in [2.45, 2.75) is 19.4 Å². The Hall–Kier alpha value is -4.74. The molecule has 3 heterocycles. The van der Waals surface area contributed by atoms with Crippen LogP contribution >= 0.6 is 0 Å². The number of aliphatic hydroxyl groups excluding tert-OH is 1. The third-order valence-electron chi connectivity index (χ3n) is 6.63. The molecule has 11 heteroatoms. The lowest BCUT2D eigenvalue weighted by molar-refractivity contribution is 0.0949. The molecule has 1 aliphatic heterocycles. The minimum Gasteiger partial charge on any atom is -0.457 e. The summed E-state index contributed by atoms with van der Waals surface area (Å²) < 4.78 is 19.9. The molecule has 0 radical (unpaired) electrons. The van der Waals surface area contributed by atoms with E-state index < -0.39 is 11.8 Å².